The van der Waals surface area contributed by atoms with Crippen molar-refractivity contribution in [3.05, 3.63) is 17.5 Å². The maximum Gasteiger partial charge on any atom is 0.271 e. The van der Waals surface area contributed by atoms with E-state index in [1.54, 1.807) is 9.58 Å². The molecule has 0 saturated heterocycles. The molecule has 0 bridgehead atoms. The smallest absolute Gasteiger partial charge is 0.271 e. The maximum atomic E-state index is 11.5. The van der Waals surface area contributed by atoms with Crippen LogP contribution in [0.5, 0.6) is 0 Å². The lowest BCUT2D eigenvalue weighted by Crippen LogP contribution is -2.37. The lowest BCUT2D eigenvalue weighted by atomic mass is 10.3. The fourth-order valence-electron chi connectivity index (χ4n) is 1.43. The minimum Gasteiger partial charge on any atom is -0.339 e. The van der Waals surface area contributed by atoms with Gasteiger partial charge in [-0.3, -0.25) is 9.48 Å². The molecule has 1 aromatic heterocycles. The van der Waals surface area contributed by atoms with Crippen LogP contribution < -0.4 is 0 Å². The van der Waals surface area contributed by atoms with Crippen LogP contribution in [0, 0.1) is 6.92 Å². The Morgan fingerprint density at radius 2 is 2.25 bits per heavy atom. The van der Waals surface area contributed by atoms with Crippen molar-refractivity contribution in [3.8, 4) is 0 Å². The lowest BCUT2D eigenvalue weighted by molar-refractivity contribution is 0.0743. The summed E-state index contributed by atoms with van der Waals surface area (Å²) < 4.78 is 1.78. The molecule has 64 valence electrons. The molecule has 0 aromatic carbocycles. The third kappa shape index (κ3) is 0.913. The molecule has 4 nitrogen and oxygen atoms in total. The van der Waals surface area contributed by atoms with Gasteiger partial charge in [-0.2, -0.15) is 5.10 Å². The van der Waals surface area contributed by atoms with E-state index in [0.29, 0.717) is 5.69 Å². The minimum atomic E-state index is 0.0712. The molecular formula is C8H11N3O. The molecule has 2 heterocycles. The van der Waals surface area contributed by atoms with Gasteiger partial charge in [0.05, 0.1) is 12.2 Å². The van der Waals surface area contributed by atoms with Crippen molar-refractivity contribution in [2.24, 2.45) is 0 Å². The van der Waals surface area contributed by atoms with Crippen molar-refractivity contribution >= 4 is 5.91 Å². The van der Waals surface area contributed by atoms with Gasteiger partial charge in [-0.05, 0) is 13.0 Å². The van der Waals surface area contributed by atoms with Crippen LogP contribution in [0.2, 0.25) is 0 Å². The minimum absolute atomic E-state index is 0.0712. The Morgan fingerprint density at radius 1 is 1.50 bits per heavy atom. The molecule has 12 heavy (non-hydrogen) atoms. The van der Waals surface area contributed by atoms with Gasteiger partial charge in [0, 0.05) is 13.6 Å². The fourth-order valence-corrected chi connectivity index (χ4v) is 1.43. The standard InChI is InChI=1S/C8H11N3O/c1-6-5-7-8(12)10(2)3-4-11(7)9-6/h5H,3-4H2,1-2H3. The summed E-state index contributed by atoms with van der Waals surface area (Å²) in [5.41, 5.74) is 1.62. The molecule has 0 saturated carbocycles. The number of hydrogen-bond acceptors (Lipinski definition) is 2. The van der Waals surface area contributed by atoms with Gasteiger partial charge in [0.2, 0.25) is 0 Å². The van der Waals surface area contributed by atoms with E-state index in [1.165, 1.54) is 0 Å². The second-order valence-electron chi connectivity index (χ2n) is 3.12. The molecule has 1 aromatic rings. The number of carbonyl (C=O) groups is 1. The zero-order valence-corrected chi connectivity index (χ0v) is 7.24. The van der Waals surface area contributed by atoms with Crippen molar-refractivity contribution in [3.63, 3.8) is 0 Å². The van der Waals surface area contributed by atoms with Gasteiger partial charge in [-0.1, -0.05) is 0 Å². The molecule has 0 radical (unpaired) electrons. The quantitative estimate of drug-likeness (QED) is 0.553. The van der Waals surface area contributed by atoms with Crippen LogP contribution in [0.3, 0.4) is 0 Å². The molecule has 1 aliphatic rings. The number of aryl methyl sites for hydroxylation is 1. The van der Waals surface area contributed by atoms with Crippen molar-refractivity contribution < 1.29 is 4.79 Å². The monoisotopic (exact) mass is 165 g/mol. The average Bonchev–Trinajstić information content (AvgIpc) is 2.39. The number of aromatic nitrogens is 2. The number of hydrogen-bond donors (Lipinski definition) is 0. The average molecular weight is 165 g/mol. The van der Waals surface area contributed by atoms with E-state index in [2.05, 4.69) is 5.10 Å². The summed E-state index contributed by atoms with van der Waals surface area (Å²) in [6.07, 6.45) is 0. The van der Waals surface area contributed by atoms with Crippen molar-refractivity contribution in [2.75, 3.05) is 13.6 Å². The first-order chi connectivity index (χ1) is 5.68. The predicted molar refractivity (Wildman–Crippen MR) is 43.9 cm³/mol. The normalized spacial score (nSPS) is 16.5. The van der Waals surface area contributed by atoms with Crippen LogP contribution >= 0.6 is 0 Å². The van der Waals surface area contributed by atoms with E-state index in [4.69, 9.17) is 0 Å². The largest absolute Gasteiger partial charge is 0.339 e. The number of amides is 1. The zero-order valence-electron chi connectivity index (χ0n) is 7.24. The summed E-state index contributed by atoms with van der Waals surface area (Å²) in [5.74, 6) is 0.0712. The first-order valence-corrected chi connectivity index (χ1v) is 3.98. The van der Waals surface area contributed by atoms with E-state index in [-0.39, 0.29) is 5.91 Å². The topological polar surface area (TPSA) is 38.1 Å². The van der Waals surface area contributed by atoms with Crippen LogP contribution in [0.15, 0.2) is 6.07 Å². The van der Waals surface area contributed by atoms with Gasteiger partial charge < -0.3 is 4.90 Å². The van der Waals surface area contributed by atoms with Crippen LogP contribution in [0.1, 0.15) is 16.2 Å². The molecule has 0 N–H and O–H groups in total. The Morgan fingerprint density at radius 3 is 3.00 bits per heavy atom. The molecule has 0 aliphatic carbocycles. The number of carbonyl (C=O) groups excluding carboxylic acids is 1. The van der Waals surface area contributed by atoms with Crippen molar-refractivity contribution in [1.82, 2.24) is 14.7 Å². The van der Waals surface area contributed by atoms with Crippen molar-refractivity contribution in [1.29, 1.82) is 0 Å². The van der Waals surface area contributed by atoms with E-state index >= 15 is 0 Å². The Bertz CT molecular complexity index is 329. The van der Waals surface area contributed by atoms with E-state index < -0.39 is 0 Å². The van der Waals surface area contributed by atoms with Crippen LogP contribution in [0.25, 0.3) is 0 Å². The Balaban J connectivity index is 2.48. The van der Waals surface area contributed by atoms with E-state index in [1.807, 2.05) is 20.0 Å². The third-order valence-electron chi connectivity index (χ3n) is 2.12. The van der Waals surface area contributed by atoms with Gasteiger partial charge >= 0.3 is 0 Å². The highest BCUT2D eigenvalue weighted by Gasteiger charge is 2.22. The van der Waals surface area contributed by atoms with Crippen LogP contribution in [-0.2, 0) is 6.54 Å². The van der Waals surface area contributed by atoms with Gasteiger partial charge in [0.15, 0.2) is 0 Å². The molecule has 0 atom stereocenters. The molecular weight excluding hydrogens is 154 g/mol. The maximum absolute atomic E-state index is 11.5. The summed E-state index contributed by atoms with van der Waals surface area (Å²) in [6.45, 7) is 3.47. The van der Waals surface area contributed by atoms with Crippen LogP contribution in [-0.4, -0.2) is 34.2 Å². The second-order valence-corrected chi connectivity index (χ2v) is 3.12. The SMILES string of the molecule is Cc1cc2n(n1)CCN(C)C2=O. The van der Waals surface area contributed by atoms with Gasteiger partial charge in [0.25, 0.3) is 5.91 Å². The number of fused-ring (bicyclic) bond motifs is 1. The predicted octanol–water partition coefficient (Wildman–Crippen LogP) is 0.277. The van der Waals surface area contributed by atoms with Crippen molar-refractivity contribution in [2.45, 2.75) is 13.5 Å². The first kappa shape index (κ1) is 7.34. The highest BCUT2D eigenvalue weighted by molar-refractivity contribution is 5.93. The first-order valence-electron chi connectivity index (χ1n) is 3.98. The van der Waals surface area contributed by atoms with Gasteiger partial charge in [-0.15, -0.1) is 0 Å². The van der Waals surface area contributed by atoms with E-state index in [0.717, 1.165) is 18.8 Å². The lowest BCUT2D eigenvalue weighted by Gasteiger charge is -2.22. The Hall–Kier alpha value is -1.32. The van der Waals surface area contributed by atoms with Gasteiger partial charge in [-0.25, -0.2) is 0 Å². The summed E-state index contributed by atoms with van der Waals surface area (Å²) >= 11 is 0. The highest BCUT2D eigenvalue weighted by atomic mass is 16.2. The zero-order chi connectivity index (χ0) is 8.72. The summed E-state index contributed by atoms with van der Waals surface area (Å²) in [5, 5.41) is 4.21. The Kier molecular flexibility index (Phi) is 1.43. The number of nitrogens with zero attached hydrogens (tertiary/aromatic N) is 3. The molecule has 0 spiro atoms. The summed E-state index contributed by atoms with van der Waals surface area (Å²) in [4.78, 5) is 13.2. The van der Waals surface area contributed by atoms with Crippen LogP contribution in [0.4, 0.5) is 0 Å². The summed E-state index contributed by atoms with van der Waals surface area (Å²) in [7, 11) is 1.81. The fraction of sp³-hybridized carbons (Fsp3) is 0.500. The Labute approximate surface area is 70.8 Å². The third-order valence-corrected chi connectivity index (χ3v) is 2.12. The molecule has 0 unspecified atom stereocenters. The summed E-state index contributed by atoms with van der Waals surface area (Å²) in [6, 6.07) is 1.83. The molecule has 2 rings (SSSR count). The molecule has 1 amide bonds. The molecule has 1 aliphatic heterocycles. The molecule has 0 fully saturated rings. The second kappa shape index (κ2) is 2.33. The highest BCUT2D eigenvalue weighted by Crippen LogP contribution is 2.11. The molecule has 4 heteroatoms. The van der Waals surface area contributed by atoms with Gasteiger partial charge in [0.1, 0.15) is 5.69 Å². The number of likely N-dealkylation sites (N-methyl/N-ethyl adjacent to an activating group) is 1. The number of rotatable bonds is 0. The van der Waals surface area contributed by atoms with E-state index in [9.17, 15) is 4.79 Å².